The molecule has 1 N–H and O–H groups in total. The Kier molecular flexibility index (Phi) is 6.25. The quantitative estimate of drug-likeness (QED) is 0.299. The van der Waals surface area contributed by atoms with Crippen LogP contribution in [0.1, 0.15) is 29.7 Å². The number of amides is 1. The average molecular weight is 488 g/mol. The van der Waals surface area contributed by atoms with Crippen LogP contribution in [0, 0.1) is 0 Å². The number of Topliss-reactive ketones (excluding diaryl/α,β-unsaturated/α-hetero) is 1. The molecule has 1 fully saturated rings. The minimum atomic E-state index is -0.823. The fourth-order valence-electron chi connectivity index (χ4n) is 4.52. The first kappa shape index (κ1) is 23.3. The summed E-state index contributed by atoms with van der Waals surface area (Å²) in [5.41, 5.74) is 1.75. The Hall–Kier alpha value is -4.46. The number of aliphatic hydroxyl groups is 1. The number of ether oxygens (including phenoxy) is 4. The van der Waals surface area contributed by atoms with Crippen LogP contribution in [0.2, 0.25) is 0 Å². The zero-order valence-electron chi connectivity index (χ0n) is 19.9. The maximum atomic E-state index is 13.3. The summed E-state index contributed by atoms with van der Waals surface area (Å²) >= 11 is 0. The van der Waals surface area contributed by atoms with E-state index in [1.165, 1.54) is 4.90 Å². The molecule has 2 aliphatic rings. The summed E-state index contributed by atoms with van der Waals surface area (Å²) in [5.74, 6) is 0.513. The largest absolute Gasteiger partial charge is 0.507 e. The molecule has 3 aromatic carbocycles. The first-order valence-electron chi connectivity index (χ1n) is 11.5. The highest BCUT2D eigenvalue weighted by Gasteiger charge is 2.46. The van der Waals surface area contributed by atoms with Gasteiger partial charge in [-0.2, -0.15) is 0 Å². The third kappa shape index (κ3) is 4.11. The number of benzene rings is 3. The summed E-state index contributed by atoms with van der Waals surface area (Å²) in [4.78, 5) is 28.1. The molecule has 3 aromatic rings. The molecule has 2 heterocycles. The molecule has 8 nitrogen and oxygen atoms in total. The number of carbonyl (C=O) groups excluding carboxylic acids is 2. The first-order valence-corrected chi connectivity index (χ1v) is 11.5. The van der Waals surface area contributed by atoms with Crippen molar-refractivity contribution in [3.8, 4) is 23.0 Å². The van der Waals surface area contributed by atoms with E-state index in [9.17, 15) is 14.7 Å². The van der Waals surface area contributed by atoms with E-state index in [2.05, 4.69) is 0 Å². The van der Waals surface area contributed by atoms with Gasteiger partial charge in [-0.3, -0.25) is 9.59 Å². The van der Waals surface area contributed by atoms with Gasteiger partial charge in [0.1, 0.15) is 17.3 Å². The molecule has 2 aliphatic heterocycles. The molecule has 1 atom stereocenters. The van der Waals surface area contributed by atoms with E-state index in [-0.39, 0.29) is 24.7 Å². The van der Waals surface area contributed by atoms with Crippen LogP contribution in [0.25, 0.3) is 5.76 Å². The lowest BCUT2D eigenvalue weighted by atomic mass is 9.95. The molecule has 36 heavy (non-hydrogen) atoms. The Morgan fingerprint density at radius 2 is 1.78 bits per heavy atom. The number of para-hydroxylation sites is 1. The van der Waals surface area contributed by atoms with E-state index >= 15 is 0 Å². The third-order valence-electron chi connectivity index (χ3n) is 6.23. The maximum absolute atomic E-state index is 13.3. The van der Waals surface area contributed by atoms with Gasteiger partial charge in [0, 0.05) is 11.1 Å². The van der Waals surface area contributed by atoms with Crippen LogP contribution < -0.4 is 18.9 Å². The third-order valence-corrected chi connectivity index (χ3v) is 6.23. The Morgan fingerprint density at radius 3 is 2.53 bits per heavy atom. The Labute approximate surface area is 208 Å². The number of rotatable bonds is 7. The molecule has 1 unspecified atom stereocenters. The number of hydrogen-bond donors (Lipinski definition) is 1. The van der Waals surface area contributed by atoms with Crippen LogP contribution in [0.15, 0.2) is 72.3 Å². The molecular weight excluding hydrogens is 462 g/mol. The Balaban J connectivity index is 1.62. The van der Waals surface area contributed by atoms with Gasteiger partial charge in [-0.05, 0) is 48.9 Å². The Bertz CT molecular complexity index is 1350. The molecule has 184 valence electrons. The number of carbonyl (C=O) groups is 2. The monoisotopic (exact) mass is 487 g/mol. The van der Waals surface area contributed by atoms with E-state index in [1.807, 2.05) is 25.1 Å². The summed E-state index contributed by atoms with van der Waals surface area (Å²) in [6.07, 6.45) is 0. The summed E-state index contributed by atoms with van der Waals surface area (Å²) in [7, 11) is 1.55. The van der Waals surface area contributed by atoms with Crippen molar-refractivity contribution in [3.05, 3.63) is 89.0 Å². The number of hydrogen-bond acceptors (Lipinski definition) is 7. The minimum absolute atomic E-state index is 0.00192. The molecule has 0 spiro atoms. The van der Waals surface area contributed by atoms with E-state index in [4.69, 9.17) is 18.9 Å². The number of nitrogens with zero attached hydrogens (tertiary/aromatic N) is 1. The van der Waals surface area contributed by atoms with Crippen molar-refractivity contribution in [1.82, 2.24) is 4.90 Å². The maximum Gasteiger partial charge on any atom is 0.295 e. The van der Waals surface area contributed by atoms with Crippen molar-refractivity contribution in [3.63, 3.8) is 0 Å². The summed E-state index contributed by atoms with van der Waals surface area (Å²) in [6, 6.07) is 18.5. The zero-order chi connectivity index (χ0) is 25.2. The lowest BCUT2D eigenvalue weighted by molar-refractivity contribution is -0.140. The fourth-order valence-corrected chi connectivity index (χ4v) is 4.52. The number of likely N-dealkylation sites (tertiary alicyclic amines) is 1. The number of aliphatic hydroxyl groups excluding tert-OH is 1. The van der Waals surface area contributed by atoms with Gasteiger partial charge in [0.05, 0.1) is 31.9 Å². The van der Waals surface area contributed by atoms with Crippen molar-refractivity contribution >= 4 is 17.4 Å². The highest BCUT2D eigenvalue weighted by Crippen LogP contribution is 2.42. The smallest absolute Gasteiger partial charge is 0.295 e. The van der Waals surface area contributed by atoms with E-state index in [0.717, 1.165) is 5.56 Å². The second-order valence-corrected chi connectivity index (χ2v) is 8.31. The van der Waals surface area contributed by atoms with Crippen LogP contribution in [0.3, 0.4) is 0 Å². The van der Waals surface area contributed by atoms with Crippen molar-refractivity contribution in [1.29, 1.82) is 0 Å². The molecule has 0 bridgehead atoms. The topological polar surface area (TPSA) is 94.5 Å². The van der Waals surface area contributed by atoms with Crippen molar-refractivity contribution < 1.29 is 33.6 Å². The standard InChI is InChI=1S/C28H25NO7/c1-3-34-20-11-8-17(9-12-20)25-24(26(30)18-10-13-22-23(14-18)36-16-35-22)27(31)28(32)29(25)15-19-6-4-5-7-21(19)33-2/h4-14,25,30H,3,15-16H2,1-2H3/b26-24-. The van der Waals surface area contributed by atoms with Gasteiger partial charge in [0.15, 0.2) is 11.5 Å². The number of ketones is 1. The zero-order valence-corrected chi connectivity index (χ0v) is 19.9. The predicted octanol–water partition coefficient (Wildman–Crippen LogP) is 4.44. The molecule has 0 aromatic heterocycles. The first-order chi connectivity index (χ1) is 17.5. The van der Waals surface area contributed by atoms with Crippen molar-refractivity contribution in [2.45, 2.75) is 19.5 Å². The van der Waals surface area contributed by atoms with Gasteiger partial charge >= 0.3 is 0 Å². The van der Waals surface area contributed by atoms with Crippen molar-refractivity contribution in [2.75, 3.05) is 20.5 Å². The van der Waals surface area contributed by atoms with Gasteiger partial charge < -0.3 is 29.0 Å². The molecule has 0 saturated carbocycles. The SMILES string of the molecule is CCOc1ccc(C2/C(=C(/O)c3ccc4c(c3)OCO4)C(=O)C(=O)N2Cc2ccccc2OC)cc1. The predicted molar refractivity (Wildman–Crippen MR) is 131 cm³/mol. The van der Waals surface area contributed by atoms with Crippen molar-refractivity contribution in [2.24, 2.45) is 0 Å². The van der Waals surface area contributed by atoms with Gasteiger partial charge in [-0.1, -0.05) is 30.3 Å². The van der Waals surface area contributed by atoms with Crippen LogP contribution in [-0.4, -0.2) is 42.2 Å². The second kappa shape index (κ2) is 9.65. The fraction of sp³-hybridized carbons (Fsp3) is 0.214. The molecular formula is C28H25NO7. The second-order valence-electron chi connectivity index (χ2n) is 8.31. The highest BCUT2D eigenvalue weighted by atomic mass is 16.7. The van der Waals surface area contributed by atoms with E-state index in [0.29, 0.717) is 40.7 Å². The Morgan fingerprint density at radius 1 is 1.03 bits per heavy atom. The molecule has 5 rings (SSSR count). The van der Waals surface area contributed by atoms with Crippen LogP contribution >= 0.6 is 0 Å². The van der Waals surface area contributed by atoms with Gasteiger partial charge in [0.25, 0.3) is 11.7 Å². The van der Waals surface area contributed by atoms with Crippen LogP contribution in [0.4, 0.5) is 0 Å². The summed E-state index contributed by atoms with van der Waals surface area (Å²) in [5, 5.41) is 11.3. The van der Waals surface area contributed by atoms with E-state index < -0.39 is 17.7 Å². The molecule has 1 amide bonds. The lowest BCUT2D eigenvalue weighted by Crippen LogP contribution is -2.29. The van der Waals surface area contributed by atoms with Gasteiger partial charge in [-0.25, -0.2) is 0 Å². The van der Waals surface area contributed by atoms with Gasteiger partial charge in [-0.15, -0.1) is 0 Å². The number of methoxy groups -OCH3 is 1. The van der Waals surface area contributed by atoms with Crippen LogP contribution in [-0.2, 0) is 16.1 Å². The molecule has 0 aliphatic carbocycles. The minimum Gasteiger partial charge on any atom is -0.507 e. The molecule has 1 saturated heterocycles. The van der Waals surface area contributed by atoms with Gasteiger partial charge in [0.2, 0.25) is 6.79 Å². The number of fused-ring (bicyclic) bond motifs is 1. The highest BCUT2D eigenvalue weighted by molar-refractivity contribution is 6.46. The molecule has 0 radical (unpaired) electrons. The van der Waals surface area contributed by atoms with E-state index in [1.54, 1.807) is 55.6 Å². The molecule has 8 heteroatoms. The summed E-state index contributed by atoms with van der Waals surface area (Å²) < 4.78 is 21.8. The van der Waals surface area contributed by atoms with Crippen LogP contribution in [0.5, 0.6) is 23.0 Å². The normalized spacial score (nSPS) is 17.9. The average Bonchev–Trinajstić information content (AvgIpc) is 3.47. The summed E-state index contributed by atoms with van der Waals surface area (Å²) in [6.45, 7) is 2.59. The lowest BCUT2D eigenvalue weighted by Gasteiger charge is -2.26.